The topological polar surface area (TPSA) is 34.1 Å². The highest BCUT2D eigenvalue weighted by atomic mass is 79.9. The molecule has 1 atom stereocenters. The van der Waals surface area contributed by atoms with Gasteiger partial charge in [0.15, 0.2) is 0 Å². The number of aromatic nitrogens is 1. The molecule has 1 unspecified atom stereocenters. The lowest BCUT2D eigenvalue weighted by Crippen LogP contribution is -2.10. The summed E-state index contributed by atoms with van der Waals surface area (Å²) in [6.45, 7) is 4.88. The number of anilines is 1. The van der Waals surface area contributed by atoms with Gasteiger partial charge < -0.3 is 10.1 Å². The standard InChI is InChI=1S/C16H19BrN2O/c1-3-12(2)20-15-8-4-6-13(10-15)18-11-14-7-5-9-16(17)19-14/h4-10,12,18H,3,11H2,1-2H3. The van der Waals surface area contributed by atoms with Gasteiger partial charge >= 0.3 is 0 Å². The first-order chi connectivity index (χ1) is 9.67. The Morgan fingerprint density at radius 1 is 1.25 bits per heavy atom. The van der Waals surface area contributed by atoms with Gasteiger partial charge in [-0.3, -0.25) is 0 Å². The molecule has 0 saturated carbocycles. The summed E-state index contributed by atoms with van der Waals surface area (Å²) in [5.41, 5.74) is 2.03. The Morgan fingerprint density at radius 3 is 2.80 bits per heavy atom. The molecular formula is C16H19BrN2O. The number of nitrogens with zero attached hydrogens (tertiary/aromatic N) is 1. The molecule has 2 aromatic rings. The van der Waals surface area contributed by atoms with E-state index in [2.05, 4.69) is 40.1 Å². The molecule has 20 heavy (non-hydrogen) atoms. The van der Waals surface area contributed by atoms with Crippen LogP contribution >= 0.6 is 15.9 Å². The lowest BCUT2D eigenvalue weighted by Gasteiger charge is -2.14. The number of ether oxygens (including phenoxy) is 1. The minimum atomic E-state index is 0.233. The molecule has 1 aromatic carbocycles. The highest BCUT2D eigenvalue weighted by molar-refractivity contribution is 9.10. The van der Waals surface area contributed by atoms with Crippen molar-refractivity contribution in [3.8, 4) is 5.75 Å². The van der Waals surface area contributed by atoms with E-state index in [1.54, 1.807) is 0 Å². The monoisotopic (exact) mass is 334 g/mol. The third-order valence-electron chi connectivity index (χ3n) is 2.99. The number of benzene rings is 1. The van der Waals surface area contributed by atoms with E-state index >= 15 is 0 Å². The molecule has 0 saturated heterocycles. The molecule has 0 spiro atoms. The van der Waals surface area contributed by atoms with E-state index in [0.717, 1.165) is 28.2 Å². The molecule has 0 aliphatic heterocycles. The van der Waals surface area contributed by atoms with Crippen LogP contribution < -0.4 is 10.1 Å². The van der Waals surface area contributed by atoms with E-state index in [-0.39, 0.29) is 6.10 Å². The summed E-state index contributed by atoms with van der Waals surface area (Å²) in [5, 5.41) is 3.36. The maximum Gasteiger partial charge on any atom is 0.121 e. The molecule has 4 heteroatoms. The molecule has 0 fully saturated rings. The molecule has 1 aromatic heterocycles. The van der Waals surface area contributed by atoms with Crippen molar-refractivity contribution in [2.75, 3.05) is 5.32 Å². The molecule has 0 bridgehead atoms. The molecule has 106 valence electrons. The molecule has 0 amide bonds. The summed E-state index contributed by atoms with van der Waals surface area (Å²) < 4.78 is 6.66. The van der Waals surface area contributed by atoms with Crippen molar-refractivity contribution in [2.45, 2.75) is 32.9 Å². The van der Waals surface area contributed by atoms with Crippen LogP contribution in [0.5, 0.6) is 5.75 Å². The second kappa shape index (κ2) is 7.29. The molecule has 0 radical (unpaired) electrons. The summed E-state index contributed by atoms with van der Waals surface area (Å²) in [7, 11) is 0. The van der Waals surface area contributed by atoms with Crippen molar-refractivity contribution >= 4 is 21.6 Å². The molecule has 0 aliphatic carbocycles. The summed E-state index contributed by atoms with van der Waals surface area (Å²) in [6.07, 6.45) is 1.23. The summed E-state index contributed by atoms with van der Waals surface area (Å²) >= 11 is 3.38. The predicted molar refractivity (Wildman–Crippen MR) is 86.1 cm³/mol. The van der Waals surface area contributed by atoms with Gasteiger partial charge in [-0.05, 0) is 53.5 Å². The smallest absolute Gasteiger partial charge is 0.121 e. The van der Waals surface area contributed by atoms with Gasteiger partial charge in [0.05, 0.1) is 18.3 Å². The fraction of sp³-hybridized carbons (Fsp3) is 0.312. The average Bonchev–Trinajstić information content (AvgIpc) is 2.45. The fourth-order valence-corrected chi connectivity index (χ4v) is 2.12. The summed E-state index contributed by atoms with van der Waals surface area (Å²) in [5.74, 6) is 0.895. The van der Waals surface area contributed by atoms with Crippen molar-refractivity contribution in [2.24, 2.45) is 0 Å². The Morgan fingerprint density at radius 2 is 2.05 bits per heavy atom. The molecular weight excluding hydrogens is 316 g/mol. The Balaban J connectivity index is 1.97. The van der Waals surface area contributed by atoms with Crippen LogP contribution in [0.1, 0.15) is 26.0 Å². The van der Waals surface area contributed by atoms with Crippen molar-refractivity contribution in [1.82, 2.24) is 4.98 Å². The van der Waals surface area contributed by atoms with Gasteiger partial charge in [-0.15, -0.1) is 0 Å². The van der Waals surface area contributed by atoms with E-state index < -0.39 is 0 Å². The van der Waals surface area contributed by atoms with Crippen LogP contribution in [-0.2, 0) is 6.54 Å². The SMILES string of the molecule is CCC(C)Oc1cccc(NCc2cccc(Br)n2)c1. The van der Waals surface area contributed by atoms with E-state index in [4.69, 9.17) is 4.74 Å². The van der Waals surface area contributed by atoms with Gasteiger partial charge in [0.25, 0.3) is 0 Å². The zero-order valence-electron chi connectivity index (χ0n) is 11.8. The van der Waals surface area contributed by atoms with Crippen molar-refractivity contribution in [3.05, 3.63) is 52.8 Å². The van der Waals surface area contributed by atoms with E-state index in [9.17, 15) is 0 Å². The summed E-state index contributed by atoms with van der Waals surface area (Å²) in [6, 6.07) is 13.9. The minimum Gasteiger partial charge on any atom is -0.491 e. The van der Waals surface area contributed by atoms with Crippen LogP contribution in [0.3, 0.4) is 0 Å². The van der Waals surface area contributed by atoms with E-state index in [1.165, 1.54) is 0 Å². The number of pyridine rings is 1. The van der Waals surface area contributed by atoms with Crippen LogP contribution in [0, 0.1) is 0 Å². The third kappa shape index (κ3) is 4.53. The van der Waals surface area contributed by atoms with Gasteiger partial charge in [-0.2, -0.15) is 0 Å². The van der Waals surface area contributed by atoms with Gasteiger partial charge in [0, 0.05) is 11.8 Å². The van der Waals surface area contributed by atoms with Gasteiger partial charge in [-0.1, -0.05) is 19.1 Å². The first-order valence-electron chi connectivity index (χ1n) is 6.79. The van der Waals surface area contributed by atoms with Crippen LogP contribution in [0.4, 0.5) is 5.69 Å². The second-order valence-corrected chi connectivity index (χ2v) is 5.48. The fourth-order valence-electron chi connectivity index (χ4n) is 1.74. The number of rotatable bonds is 6. The van der Waals surface area contributed by atoms with Crippen LogP contribution in [0.25, 0.3) is 0 Å². The largest absolute Gasteiger partial charge is 0.491 e. The summed E-state index contributed by atoms with van der Waals surface area (Å²) in [4.78, 5) is 4.40. The van der Waals surface area contributed by atoms with E-state index in [0.29, 0.717) is 6.54 Å². The molecule has 0 aliphatic rings. The van der Waals surface area contributed by atoms with Gasteiger partial charge in [0.2, 0.25) is 0 Å². The molecule has 1 N–H and O–H groups in total. The normalized spacial score (nSPS) is 11.9. The molecule has 1 heterocycles. The second-order valence-electron chi connectivity index (χ2n) is 4.67. The first kappa shape index (κ1) is 14.9. The first-order valence-corrected chi connectivity index (χ1v) is 7.58. The van der Waals surface area contributed by atoms with Crippen molar-refractivity contribution in [1.29, 1.82) is 0 Å². The number of hydrogen-bond acceptors (Lipinski definition) is 3. The number of halogens is 1. The minimum absolute atomic E-state index is 0.233. The highest BCUT2D eigenvalue weighted by Crippen LogP contribution is 2.19. The van der Waals surface area contributed by atoms with Gasteiger partial charge in [0.1, 0.15) is 10.4 Å². The lowest BCUT2D eigenvalue weighted by atomic mass is 10.2. The van der Waals surface area contributed by atoms with Crippen molar-refractivity contribution in [3.63, 3.8) is 0 Å². The predicted octanol–water partition coefficient (Wildman–Crippen LogP) is 4.63. The molecule has 2 rings (SSSR count). The van der Waals surface area contributed by atoms with Crippen LogP contribution in [0.2, 0.25) is 0 Å². The Labute approximate surface area is 128 Å². The third-order valence-corrected chi connectivity index (χ3v) is 3.43. The molecule has 3 nitrogen and oxygen atoms in total. The van der Waals surface area contributed by atoms with E-state index in [1.807, 2.05) is 42.5 Å². The Kier molecular flexibility index (Phi) is 5.41. The lowest BCUT2D eigenvalue weighted by molar-refractivity contribution is 0.217. The zero-order chi connectivity index (χ0) is 14.4. The van der Waals surface area contributed by atoms with Gasteiger partial charge in [-0.25, -0.2) is 4.98 Å². The van der Waals surface area contributed by atoms with Crippen LogP contribution in [0.15, 0.2) is 47.1 Å². The van der Waals surface area contributed by atoms with Crippen molar-refractivity contribution < 1.29 is 4.74 Å². The maximum atomic E-state index is 5.81. The Hall–Kier alpha value is -1.55. The van der Waals surface area contributed by atoms with Crippen LogP contribution in [-0.4, -0.2) is 11.1 Å². The number of hydrogen-bond donors (Lipinski definition) is 1. The Bertz CT molecular complexity index is 560. The maximum absolute atomic E-state index is 5.81. The zero-order valence-corrected chi connectivity index (χ0v) is 13.4. The quantitative estimate of drug-likeness (QED) is 0.782. The number of nitrogens with one attached hydrogen (secondary N) is 1. The highest BCUT2D eigenvalue weighted by Gasteiger charge is 2.02. The average molecular weight is 335 g/mol.